The van der Waals surface area contributed by atoms with Crippen molar-refractivity contribution >= 4 is 27.7 Å². The zero-order valence-electron chi connectivity index (χ0n) is 17.7. The van der Waals surface area contributed by atoms with E-state index in [0.717, 1.165) is 0 Å². The molecule has 0 bridgehead atoms. The third-order valence-corrected chi connectivity index (χ3v) is 5.06. The molecule has 2 aromatic carbocycles. The van der Waals surface area contributed by atoms with Gasteiger partial charge < -0.3 is 23.3 Å². The van der Waals surface area contributed by atoms with Crippen molar-refractivity contribution < 1.29 is 75.7 Å². The number of carbonyl (C=O) groups excluding carboxylic acids is 3. The van der Waals surface area contributed by atoms with Crippen LogP contribution in [0.1, 0.15) is 62.0 Å². The second-order valence-corrected chi connectivity index (χ2v) is 7.58. The molecule has 2 aromatic rings. The smallest absolute Gasteiger partial charge is 0.716 e. The van der Waals surface area contributed by atoms with Gasteiger partial charge in [-0.05, 0) is 12.5 Å². The molecule has 0 saturated heterocycles. The number of aromatic hydroxyl groups is 1. The fourth-order valence-corrected chi connectivity index (χ4v) is 3.80. The van der Waals surface area contributed by atoms with Crippen LogP contribution in [-0.4, -0.2) is 49.6 Å². The molecule has 0 unspecified atom stereocenters. The molecule has 1 N–H and O–H groups in total. The molecular formula is C20H17NaO10S. The second-order valence-electron chi connectivity index (χ2n) is 6.59. The summed E-state index contributed by atoms with van der Waals surface area (Å²) < 4.78 is 48.1. The van der Waals surface area contributed by atoms with Gasteiger partial charge in [0.1, 0.15) is 17.2 Å². The van der Waals surface area contributed by atoms with Gasteiger partial charge in [0.2, 0.25) is 5.78 Å². The van der Waals surface area contributed by atoms with Gasteiger partial charge in [-0.3, -0.25) is 14.4 Å². The molecule has 12 heteroatoms. The van der Waals surface area contributed by atoms with E-state index < -0.39 is 55.9 Å². The van der Waals surface area contributed by atoms with Crippen molar-refractivity contribution in [3.05, 3.63) is 46.0 Å². The summed E-state index contributed by atoms with van der Waals surface area (Å²) >= 11 is 0. The Bertz CT molecular complexity index is 1230. The first kappa shape index (κ1) is 25.8. The third kappa shape index (κ3) is 4.52. The first-order chi connectivity index (χ1) is 14.5. The minimum Gasteiger partial charge on any atom is -0.716 e. The summed E-state index contributed by atoms with van der Waals surface area (Å²) in [6.45, 7) is 1.66. The molecule has 0 heterocycles. The van der Waals surface area contributed by atoms with Crippen LogP contribution in [0.25, 0.3) is 0 Å². The SMILES string of the molecule is CCCC(=O)c1c(OS(=O)(=O)[O-])cc(O)c2c1C(=O)c1cc(OC)cc(OC)c1C2=O.[Na+]. The Morgan fingerprint density at radius 2 is 1.66 bits per heavy atom. The first-order valence-electron chi connectivity index (χ1n) is 8.97. The monoisotopic (exact) mass is 472 g/mol. The summed E-state index contributed by atoms with van der Waals surface area (Å²) in [5, 5.41) is 10.4. The van der Waals surface area contributed by atoms with Crippen molar-refractivity contribution in [1.82, 2.24) is 0 Å². The quantitative estimate of drug-likeness (QED) is 0.196. The fourth-order valence-electron chi connectivity index (χ4n) is 3.45. The molecule has 164 valence electrons. The minimum absolute atomic E-state index is 0. The first-order valence-corrected chi connectivity index (χ1v) is 10.3. The fraction of sp³-hybridized carbons (Fsp3) is 0.250. The predicted molar refractivity (Wildman–Crippen MR) is 104 cm³/mol. The molecule has 0 amide bonds. The summed E-state index contributed by atoms with van der Waals surface area (Å²) in [7, 11) is -2.75. The van der Waals surface area contributed by atoms with E-state index in [0.29, 0.717) is 12.5 Å². The van der Waals surface area contributed by atoms with Crippen LogP contribution in [0.5, 0.6) is 23.0 Å². The van der Waals surface area contributed by atoms with Crippen molar-refractivity contribution in [2.75, 3.05) is 14.2 Å². The molecule has 1 aliphatic rings. The van der Waals surface area contributed by atoms with E-state index in [1.807, 2.05) is 0 Å². The van der Waals surface area contributed by atoms with E-state index in [1.54, 1.807) is 6.92 Å². The van der Waals surface area contributed by atoms with Crippen molar-refractivity contribution in [3.63, 3.8) is 0 Å². The molecule has 0 fully saturated rings. The topological polar surface area (TPSA) is 156 Å². The molecule has 3 rings (SSSR count). The number of hydrogen-bond acceptors (Lipinski definition) is 10. The number of ketones is 3. The van der Waals surface area contributed by atoms with Crippen LogP contribution in [-0.2, 0) is 10.4 Å². The number of carbonyl (C=O) groups is 3. The molecule has 0 atom stereocenters. The molecule has 0 spiro atoms. The zero-order chi connectivity index (χ0) is 23.1. The van der Waals surface area contributed by atoms with Gasteiger partial charge in [0.25, 0.3) is 10.4 Å². The minimum atomic E-state index is -5.35. The molecule has 10 nitrogen and oxygen atoms in total. The van der Waals surface area contributed by atoms with Gasteiger partial charge in [-0.15, -0.1) is 0 Å². The van der Waals surface area contributed by atoms with Gasteiger partial charge in [-0.2, -0.15) is 0 Å². The average Bonchev–Trinajstić information content (AvgIpc) is 2.69. The van der Waals surface area contributed by atoms with Gasteiger partial charge in [0.05, 0.1) is 36.5 Å². The van der Waals surface area contributed by atoms with E-state index in [4.69, 9.17) is 9.47 Å². The Morgan fingerprint density at radius 1 is 1.00 bits per heavy atom. The Hall–Kier alpha value is -2.44. The van der Waals surface area contributed by atoms with Gasteiger partial charge in [0, 0.05) is 24.1 Å². The van der Waals surface area contributed by atoms with E-state index in [1.165, 1.54) is 26.4 Å². The van der Waals surface area contributed by atoms with Crippen LogP contribution in [0.2, 0.25) is 0 Å². The van der Waals surface area contributed by atoms with Crippen molar-refractivity contribution in [2.45, 2.75) is 19.8 Å². The van der Waals surface area contributed by atoms with E-state index in [9.17, 15) is 32.5 Å². The number of phenols is 1. The molecular weight excluding hydrogens is 455 g/mol. The maximum absolute atomic E-state index is 13.4. The summed E-state index contributed by atoms with van der Waals surface area (Å²) in [5.74, 6) is -3.92. The zero-order valence-corrected chi connectivity index (χ0v) is 20.5. The molecule has 32 heavy (non-hydrogen) atoms. The van der Waals surface area contributed by atoms with Gasteiger partial charge in [-0.1, -0.05) is 6.92 Å². The number of benzene rings is 2. The summed E-state index contributed by atoms with van der Waals surface area (Å²) in [6, 6.07) is 3.28. The third-order valence-electron chi connectivity index (χ3n) is 4.68. The van der Waals surface area contributed by atoms with E-state index in [-0.39, 0.29) is 58.6 Å². The second kappa shape index (κ2) is 9.59. The standard InChI is InChI=1S/C20H18O10S.Na/c1-4-5-11(21)16-14(30-31(25,26)27)8-12(22)17-18(16)19(23)10-6-9(28-2)7-13(29-3)15(10)20(17)24;/h6-8,22H,4-5H2,1-3H3,(H,25,26,27);/q;+1/p-1. The Labute approximate surface area is 205 Å². The average molecular weight is 472 g/mol. The van der Waals surface area contributed by atoms with Crippen LogP contribution < -0.4 is 43.2 Å². The summed E-state index contributed by atoms with van der Waals surface area (Å²) in [6.07, 6.45) is 0.181. The number of methoxy groups -OCH3 is 2. The number of hydrogen-bond donors (Lipinski definition) is 1. The molecule has 0 radical (unpaired) electrons. The van der Waals surface area contributed by atoms with E-state index >= 15 is 0 Å². The molecule has 0 saturated carbocycles. The van der Waals surface area contributed by atoms with Crippen molar-refractivity contribution in [2.24, 2.45) is 0 Å². The Morgan fingerprint density at radius 3 is 2.19 bits per heavy atom. The molecule has 0 aliphatic heterocycles. The van der Waals surface area contributed by atoms with Crippen LogP contribution >= 0.6 is 0 Å². The van der Waals surface area contributed by atoms with Gasteiger partial charge >= 0.3 is 29.6 Å². The molecule has 0 aromatic heterocycles. The van der Waals surface area contributed by atoms with Crippen molar-refractivity contribution in [3.8, 4) is 23.0 Å². The maximum atomic E-state index is 13.4. The number of phenolic OH excluding ortho intramolecular Hbond substituents is 1. The largest absolute Gasteiger partial charge is 1.00 e. The van der Waals surface area contributed by atoms with Gasteiger partial charge in [0.15, 0.2) is 17.3 Å². The number of rotatable bonds is 7. The van der Waals surface area contributed by atoms with E-state index in [2.05, 4.69) is 4.18 Å². The number of fused-ring (bicyclic) bond motifs is 2. The van der Waals surface area contributed by atoms with Crippen LogP contribution in [0.4, 0.5) is 0 Å². The molecule has 1 aliphatic carbocycles. The number of ether oxygens (including phenoxy) is 2. The van der Waals surface area contributed by atoms with Crippen LogP contribution in [0.3, 0.4) is 0 Å². The maximum Gasteiger partial charge on any atom is 1.00 e. The van der Waals surface area contributed by atoms with Gasteiger partial charge in [-0.25, -0.2) is 8.42 Å². The van der Waals surface area contributed by atoms with Crippen LogP contribution in [0, 0.1) is 0 Å². The van der Waals surface area contributed by atoms with Crippen molar-refractivity contribution in [1.29, 1.82) is 0 Å². The summed E-state index contributed by atoms with van der Waals surface area (Å²) in [4.78, 5) is 39.4. The predicted octanol–water partition coefficient (Wildman–Crippen LogP) is -0.989. The number of Topliss-reactive ketones (excluding diaryl/α,β-unsaturated/α-hetero) is 1. The van der Waals surface area contributed by atoms with Crippen LogP contribution in [0.15, 0.2) is 18.2 Å². The Kier molecular flexibility index (Phi) is 7.74. The Balaban J connectivity index is 0.00000363. The normalized spacial score (nSPS) is 12.4. The summed E-state index contributed by atoms with van der Waals surface area (Å²) in [5.41, 5.74) is -1.98.